The van der Waals surface area contributed by atoms with Crippen molar-refractivity contribution < 1.29 is 9.47 Å². The molecule has 0 radical (unpaired) electrons. The van der Waals surface area contributed by atoms with Gasteiger partial charge in [-0.25, -0.2) is 0 Å². The van der Waals surface area contributed by atoms with E-state index in [0.717, 1.165) is 26.1 Å². The van der Waals surface area contributed by atoms with Gasteiger partial charge in [0.15, 0.2) is 6.29 Å². The number of methoxy groups -OCH3 is 2. The Hall–Kier alpha value is -0.420. The molecule has 94 valence electrons. The monoisotopic (exact) mass is 299 g/mol. The second-order valence-corrected chi connectivity index (χ2v) is 5.12. The van der Waals surface area contributed by atoms with Crippen molar-refractivity contribution >= 4 is 15.9 Å². The summed E-state index contributed by atoms with van der Waals surface area (Å²) in [7, 11) is 3.37. The molecule has 1 heterocycles. The lowest BCUT2D eigenvalue weighted by Crippen LogP contribution is -2.38. The van der Waals surface area contributed by atoms with Crippen LogP contribution in [0.1, 0.15) is 11.1 Å². The first-order valence-electron chi connectivity index (χ1n) is 5.78. The van der Waals surface area contributed by atoms with E-state index in [1.54, 1.807) is 14.2 Å². The molecule has 1 aromatic rings. The van der Waals surface area contributed by atoms with Crippen LogP contribution in [-0.2, 0) is 22.4 Å². The summed E-state index contributed by atoms with van der Waals surface area (Å²) < 4.78 is 11.7. The van der Waals surface area contributed by atoms with Gasteiger partial charge in [0.25, 0.3) is 0 Å². The fraction of sp³-hybridized carbons (Fsp3) is 0.538. The van der Waals surface area contributed by atoms with Crippen LogP contribution in [0.3, 0.4) is 0 Å². The first-order valence-corrected chi connectivity index (χ1v) is 6.58. The molecule has 0 fully saturated rings. The van der Waals surface area contributed by atoms with Crippen molar-refractivity contribution in [2.24, 2.45) is 0 Å². The Balaban J connectivity index is 2.05. The van der Waals surface area contributed by atoms with E-state index in [1.807, 2.05) is 0 Å². The summed E-state index contributed by atoms with van der Waals surface area (Å²) in [4.78, 5) is 2.37. The van der Waals surface area contributed by atoms with Crippen LogP contribution in [0.5, 0.6) is 0 Å². The lowest BCUT2D eigenvalue weighted by Gasteiger charge is -2.31. The lowest BCUT2D eigenvalue weighted by molar-refractivity contribution is -0.117. The van der Waals surface area contributed by atoms with E-state index in [0.29, 0.717) is 0 Å². The molecule has 3 nitrogen and oxygen atoms in total. The highest BCUT2D eigenvalue weighted by Gasteiger charge is 2.20. The van der Waals surface area contributed by atoms with Gasteiger partial charge in [-0.15, -0.1) is 0 Å². The van der Waals surface area contributed by atoms with E-state index >= 15 is 0 Å². The molecular weight excluding hydrogens is 282 g/mol. The SMILES string of the molecule is COC(CN1CCc2cccc(Br)c2C1)OC. The van der Waals surface area contributed by atoms with Gasteiger partial charge in [-0.3, -0.25) is 4.90 Å². The van der Waals surface area contributed by atoms with Crippen LogP contribution < -0.4 is 0 Å². The molecule has 0 spiro atoms. The van der Waals surface area contributed by atoms with Crippen molar-refractivity contribution in [3.8, 4) is 0 Å². The molecule has 4 heteroatoms. The molecule has 0 saturated heterocycles. The summed E-state index contributed by atoms with van der Waals surface area (Å²) in [5.41, 5.74) is 2.84. The van der Waals surface area contributed by atoms with Crippen LogP contribution in [0.4, 0.5) is 0 Å². The Bertz CT molecular complexity index is 380. The van der Waals surface area contributed by atoms with E-state index in [2.05, 4.69) is 39.0 Å². The minimum absolute atomic E-state index is 0.140. The van der Waals surface area contributed by atoms with Crippen LogP contribution in [0.15, 0.2) is 22.7 Å². The highest BCUT2D eigenvalue weighted by Crippen LogP contribution is 2.26. The van der Waals surface area contributed by atoms with E-state index < -0.39 is 0 Å². The van der Waals surface area contributed by atoms with Crippen molar-refractivity contribution in [1.29, 1.82) is 0 Å². The molecule has 1 aliphatic rings. The second kappa shape index (κ2) is 5.96. The lowest BCUT2D eigenvalue weighted by atomic mass is 10.00. The molecule has 0 aliphatic carbocycles. The third-order valence-electron chi connectivity index (χ3n) is 3.23. The first kappa shape index (κ1) is 13.0. The average molecular weight is 300 g/mol. The van der Waals surface area contributed by atoms with Gasteiger partial charge in [-0.2, -0.15) is 0 Å². The van der Waals surface area contributed by atoms with Gasteiger partial charge in [0.2, 0.25) is 0 Å². The quantitative estimate of drug-likeness (QED) is 0.797. The molecule has 17 heavy (non-hydrogen) atoms. The van der Waals surface area contributed by atoms with Crippen molar-refractivity contribution in [3.05, 3.63) is 33.8 Å². The number of ether oxygens (including phenoxy) is 2. The summed E-state index contributed by atoms with van der Waals surface area (Å²) >= 11 is 3.62. The van der Waals surface area contributed by atoms with Gasteiger partial charge in [-0.1, -0.05) is 28.1 Å². The Kier molecular flexibility index (Phi) is 4.56. The molecule has 0 atom stereocenters. The predicted molar refractivity (Wildman–Crippen MR) is 70.9 cm³/mol. The largest absolute Gasteiger partial charge is 0.355 e. The Labute approximate surface area is 111 Å². The number of rotatable bonds is 4. The minimum atomic E-state index is -0.140. The highest BCUT2D eigenvalue weighted by molar-refractivity contribution is 9.10. The third-order valence-corrected chi connectivity index (χ3v) is 3.97. The van der Waals surface area contributed by atoms with Gasteiger partial charge in [0, 0.05) is 38.3 Å². The van der Waals surface area contributed by atoms with E-state index in [-0.39, 0.29) is 6.29 Å². The van der Waals surface area contributed by atoms with Crippen LogP contribution in [-0.4, -0.2) is 38.5 Å². The zero-order valence-electron chi connectivity index (χ0n) is 10.3. The van der Waals surface area contributed by atoms with Crippen molar-refractivity contribution in [2.75, 3.05) is 27.3 Å². The highest BCUT2D eigenvalue weighted by atomic mass is 79.9. The second-order valence-electron chi connectivity index (χ2n) is 4.26. The van der Waals surface area contributed by atoms with Crippen LogP contribution in [0, 0.1) is 0 Å². The van der Waals surface area contributed by atoms with Gasteiger partial charge < -0.3 is 9.47 Å². The molecule has 0 amide bonds. The van der Waals surface area contributed by atoms with E-state index in [9.17, 15) is 0 Å². The molecule has 0 N–H and O–H groups in total. The number of nitrogens with zero attached hydrogens (tertiary/aromatic N) is 1. The zero-order chi connectivity index (χ0) is 12.3. The fourth-order valence-corrected chi connectivity index (χ4v) is 2.74. The number of halogens is 1. The fourth-order valence-electron chi connectivity index (χ4n) is 2.21. The van der Waals surface area contributed by atoms with Crippen molar-refractivity contribution in [2.45, 2.75) is 19.3 Å². The summed E-state index contributed by atoms with van der Waals surface area (Å²) in [6.45, 7) is 2.83. The zero-order valence-corrected chi connectivity index (χ0v) is 11.9. The summed E-state index contributed by atoms with van der Waals surface area (Å²) in [5, 5.41) is 0. The van der Waals surface area contributed by atoms with Crippen LogP contribution in [0.2, 0.25) is 0 Å². The van der Waals surface area contributed by atoms with Crippen molar-refractivity contribution in [3.63, 3.8) is 0 Å². The maximum atomic E-state index is 5.24. The normalized spacial score (nSPS) is 16.2. The summed E-state index contributed by atoms with van der Waals surface area (Å²) in [5.74, 6) is 0. The molecule has 0 aromatic heterocycles. The van der Waals surface area contributed by atoms with E-state index in [4.69, 9.17) is 9.47 Å². The smallest absolute Gasteiger partial charge is 0.169 e. The average Bonchev–Trinajstić information content (AvgIpc) is 2.37. The van der Waals surface area contributed by atoms with Gasteiger partial charge in [0.05, 0.1) is 0 Å². The molecule has 2 rings (SSSR count). The number of fused-ring (bicyclic) bond motifs is 1. The van der Waals surface area contributed by atoms with Crippen LogP contribution in [0.25, 0.3) is 0 Å². The molecule has 0 bridgehead atoms. The molecule has 1 aromatic carbocycles. The maximum Gasteiger partial charge on any atom is 0.169 e. The molecular formula is C13H18BrNO2. The first-order chi connectivity index (χ1) is 8.24. The summed E-state index contributed by atoms with van der Waals surface area (Å²) in [6.07, 6.45) is 0.952. The standard InChI is InChI=1S/C13H18BrNO2/c1-16-13(17-2)9-15-7-6-10-4-3-5-12(14)11(10)8-15/h3-5,13H,6-9H2,1-2H3. The molecule has 1 aliphatic heterocycles. The Morgan fingerprint density at radius 1 is 1.35 bits per heavy atom. The predicted octanol–water partition coefficient (Wildman–Crippen LogP) is 2.43. The van der Waals surface area contributed by atoms with Gasteiger partial charge in [-0.05, 0) is 23.6 Å². The Morgan fingerprint density at radius 2 is 2.12 bits per heavy atom. The number of benzene rings is 1. The van der Waals surface area contributed by atoms with Gasteiger partial charge in [0.1, 0.15) is 0 Å². The molecule has 0 saturated carbocycles. The summed E-state index contributed by atoms with van der Waals surface area (Å²) in [6, 6.07) is 6.42. The minimum Gasteiger partial charge on any atom is -0.355 e. The molecule has 0 unspecified atom stereocenters. The van der Waals surface area contributed by atoms with Crippen molar-refractivity contribution in [1.82, 2.24) is 4.90 Å². The maximum absolute atomic E-state index is 5.24. The number of hydrogen-bond donors (Lipinski definition) is 0. The van der Waals surface area contributed by atoms with E-state index in [1.165, 1.54) is 15.6 Å². The van der Waals surface area contributed by atoms with Crippen LogP contribution >= 0.6 is 15.9 Å². The Morgan fingerprint density at radius 3 is 2.82 bits per heavy atom. The number of hydrogen-bond acceptors (Lipinski definition) is 3. The topological polar surface area (TPSA) is 21.7 Å². The van der Waals surface area contributed by atoms with Gasteiger partial charge >= 0.3 is 0 Å². The third kappa shape index (κ3) is 3.07.